The van der Waals surface area contributed by atoms with Gasteiger partial charge in [-0.25, -0.2) is 9.79 Å². The minimum atomic E-state index is -0.845. The van der Waals surface area contributed by atoms with Crippen LogP contribution >= 0.6 is 11.3 Å². The fourth-order valence-corrected chi connectivity index (χ4v) is 7.26. The summed E-state index contributed by atoms with van der Waals surface area (Å²) in [5.41, 5.74) is 6.39. The molecule has 254 valence electrons. The van der Waals surface area contributed by atoms with Crippen molar-refractivity contribution in [3.05, 3.63) is 137 Å². The third-order valence-corrected chi connectivity index (χ3v) is 9.57. The second-order valence-corrected chi connectivity index (χ2v) is 12.6. The zero-order valence-corrected chi connectivity index (χ0v) is 29.5. The standard InChI is InChI=1S/C39H36N4O6S/c1-7-48-38(45)34-24(3)41-39-43(35(34)31-9-8-10-32(46-5)36(31)47-6)37(44)33(50-39)20-28-19-23(2)42(25(28)4)29-15-17-30(18-16-29)49-22-27-13-11-26(21-40)12-14-27/h8-20,35H,7,22H2,1-6H3/b33-20-/t35-/m1/s1. The summed E-state index contributed by atoms with van der Waals surface area (Å²) in [6.45, 7) is 8.08. The van der Waals surface area contributed by atoms with E-state index in [4.69, 9.17) is 29.2 Å². The molecule has 1 atom stereocenters. The van der Waals surface area contributed by atoms with E-state index >= 15 is 0 Å². The van der Waals surface area contributed by atoms with E-state index < -0.39 is 12.0 Å². The molecular formula is C39H36N4O6S. The van der Waals surface area contributed by atoms with Crippen molar-refractivity contribution in [2.45, 2.75) is 40.3 Å². The molecule has 0 unspecified atom stereocenters. The van der Waals surface area contributed by atoms with Crippen molar-refractivity contribution in [3.8, 4) is 29.0 Å². The molecule has 0 aliphatic carbocycles. The van der Waals surface area contributed by atoms with Gasteiger partial charge >= 0.3 is 5.97 Å². The Kier molecular flexibility index (Phi) is 9.74. The Morgan fingerprint density at radius 3 is 2.42 bits per heavy atom. The molecule has 0 spiro atoms. The molecule has 0 amide bonds. The summed E-state index contributed by atoms with van der Waals surface area (Å²) in [6, 6.07) is 23.8. The number of aryl methyl sites for hydroxylation is 1. The van der Waals surface area contributed by atoms with Crippen LogP contribution in [0.3, 0.4) is 0 Å². The van der Waals surface area contributed by atoms with Gasteiger partial charge in [-0.2, -0.15) is 5.26 Å². The summed E-state index contributed by atoms with van der Waals surface area (Å²) in [4.78, 5) is 32.8. The number of esters is 1. The number of thiazole rings is 1. The molecule has 2 aromatic heterocycles. The van der Waals surface area contributed by atoms with Crippen molar-refractivity contribution in [2.24, 2.45) is 4.99 Å². The fourth-order valence-electron chi connectivity index (χ4n) is 6.22. The Labute approximate surface area is 293 Å². The van der Waals surface area contributed by atoms with E-state index in [2.05, 4.69) is 10.6 Å². The molecule has 0 radical (unpaired) electrons. The zero-order chi connectivity index (χ0) is 35.5. The SMILES string of the molecule is CCOC(=O)C1=C(C)N=c2s/c(=C\c3cc(C)n(-c4ccc(OCc5ccc(C#N)cc5)cc4)c3C)c(=O)n2[C@@H]1c1cccc(OC)c1OC. The number of para-hydroxylation sites is 1. The van der Waals surface area contributed by atoms with Gasteiger partial charge in [-0.05, 0) is 93.4 Å². The number of nitrogens with zero attached hydrogens (tertiary/aromatic N) is 4. The van der Waals surface area contributed by atoms with Gasteiger partial charge in [-0.15, -0.1) is 0 Å². The van der Waals surface area contributed by atoms with E-state index in [1.807, 2.05) is 68.5 Å². The molecule has 0 fully saturated rings. The van der Waals surface area contributed by atoms with Crippen LogP contribution in [0.5, 0.6) is 17.2 Å². The molecule has 0 bridgehead atoms. The number of nitriles is 1. The monoisotopic (exact) mass is 688 g/mol. The Morgan fingerprint density at radius 1 is 1.02 bits per heavy atom. The maximum absolute atomic E-state index is 14.3. The van der Waals surface area contributed by atoms with Gasteiger partial charge < -0.3 is 23.5 Å². The molecule has 11 heteroatoms. The van der Waals surface area contributed by atoms with E-state index in [9.17, 15) is 9.59 Å². The molecule has 0 N–H and O–H groups in total. The first kappa shape index (κ1) is 34.0. The molecule has 50 heavy (non-hydrogen) atoms. The number of benzene rings is 3. The number of aromatic nitrogens is 2. The lowest BCUT2D eigenvalue weighted by Gasteiger charge is -2.26. The number of allylic oxidation sites excluding steroid dienone is 1. The highest BCUT2D eigenvalue weighted by Crippen LogP contribution is 2.40. The highest BCUT2D eigenvalue weighted by atomic mass is 32.1. The molecule has 1 aliphatic heterocycles. The van der Waals surface area contributed by atoms with Crippen molar-refractivity contribution in [1.29, 1.82) is 5.26 Å². The number of carbonyl (C=O) groups is 1. The van der Waals surface area contributed by atoms with E-state index in [0.717, 1.165) is 34.0 Å². The van der Waals surface area contributed by atoms with Crippen molar-refractivity contribution in [2.75, 3.05) is 20.8 Å². The van der Waals surface area contributed by atoms with Crippen molar-refractivity contribution >= 4 is 23.4 Å². The largest absolute Gasteiger partial charge is 0.493 e. The summed E-state index contributed by atoms with van der Waals surface area (Å²) in [5, 5.41) is 9.02. The van der Waals surface area contributed by atoms with Gasteiger partial charge in [0.05, 0.1) is 48.3 Å². The van der Waals surface area contributed by atoms with Crippen molar-refractivity contribution < 1.29 is 23.7 Å². The maximum atomic E-state index is 14.3. The fraction of sp³-hybridized carbons (Fsp3) is 0.231. The van der Waals surface area contributed by atoms with Gasteiger partial charge in [0.25, 0.3) is 5.56 Å². The average Bonchev–Trinajstić information content (AvgIpc) is 3.59. The summed E-state index contributed by atoms with van der Waals surface area (Å²) < 4.78 is 26.9. The highest BCUT2D eigenvalue weighted by molar-refractivity contribution is 7.07. The van der Waals surface area contributed by atoms with Crippen LogP contribution in [0.15, 0.2) is 93.9 Å². The smallest absolute Gasteiger partial charge is 0.338 e. The second kappa shape index (κ2) is 14.3. The summed E-state index contributed by atoms with van der Waals surface area (Å²) in [7, 11) is 3.07. The quantitative estimate of drug-likeness (QED) is 0.174. The van der Waals surface area contributed by atoms with Crippen molar-refractivity contribution in [3.63, 3.8) is 0 Å². The van der Waals surface area contributed by atoms with Gasteiger partial charge in [0.1, 0.15) is 18.4 Å². The van der Waals surface area contributed by atoms with Gasteiger partial charge in [0.2, 0.25) is 0 Å². The minimum Gasteiger partial charge on any atom is -0.493 e. The van der Waals surface area contributed by atoms with E-state index in [-0.39, 0.29) is 17.7 Å². The van der Waals surface area contributed by atoms with Crippen LogP contribution < -0.4 is 29.1 Å². The van der Waals surface area contributed by atoms with E-state index in [1.165, 1.54) is 18.4 Å². The van der Waals surface area contributed by atoms with Crippen molar-refractivity contribution in [1.82, 2.24) is 9.13 Å². The predicted octanol–water partition coefficient (Wildman–Crippen LogP) is 5.67. The molecular weight excluding hydrogens is 653 g/mol. The molecule has 0 saturated carbocycles. The number of carbonyl (C=O) groups excluding carboxylic acids is 1. The lowest BCUT2D eigenvalue weighted by molar-refractivity contribution is -0.139. The highest BCUT2D eigenvalue weighted by Gasteiger charge is 2.36. The average molecular weight is 689 g/mol. The van der Waals surface area contributed by atoms with Gasteiger partial charge in [-0.3, -0.25) is 9.36 Å². The third kappa shape index (κ3) is 6.33. The molecule has 10 nitrogen and oxygen atoms in total. The lowest BCUT2D eigenvalue weighted by atomic mass is 9.94. The maximum Gasteiger partial charge on any atom is 0.338 e. The van der Waals surface area contributed by atoms with E-state index in [0.29, 0.717) is 44.3 Å². The number of ether oxygens (including phenoxy) is 4. The number of hydrogen-bond donors (Lipinski definition) is 0. The van der Waals surface area contributed by atoms with E-state index in [1.54, 1.807) is 49.8 Å². The predicted molar refractivity (Wildman–Crippen MR) is 191 cm³/mol. The molecule has 5 aromatic rings. The topological polar surface area (TPSA) is 117 Å². The molecule has 3 heterocycles. The van der Waals surface area contributed by atoms with Crippen LogP contribution in [-0.2, 0) is 16.1 Å². The van der Waals surface area contributed by atoms with Gasteiger partial charge in [0, 0.05) is 22.6 Å². The normalized spacial score (nSPS) is 14.1. The van der Waals surface area contributed by atoms with Crippen LogP contribution in [0.25, 0.3) is 11.8 Å². The molecule has 6 rings (SSSR count). The summed E-state index contributed by atoms with van der Waals surface area (Å²) >= 11 is 1.26. The van der Waals surface area contributed by atoms with Crippen LogP contribution in [0.2, 0.25) is 0 Å². The first-order valence-corrected chi connectivity index (χ1v) is 16.8. The Morgan fingerprint density at radius 2 is 1.76 bits per heavy atom. The van der Waals surface area contributed by atoms with Crippen LogP contribution in [0.1, 0.15) is 53.5 Å². The second-order valence-electron chi connectivity index (χ2n) is 11.6. The molecule has 1 aliphatic rings. The first-order valence-electron chi connectivity index (χ1n) is 16.0. The van der Waals surface area contributed by atoms with Gasteiger partial charge in [-0.1, -0.05) is 35.6 Å². The number of fused-ring (bicyclic) bond motifs is 1. The first-order chi connectivity index (χ1) is 24.2. The minimum absolute atomic E-state index is 0.173. The summed E-state index contributed by atoms with van der Waals surface area (Å²) in [5.74, 6) is 1.07. The van der Waals surface area contributed by atoms with Gasteiger partial charge in [0.15, 0.2) is 16.3 Å². The summed E-state index contributed by atoms with van der Waals surface area (Å²) in [6.07, 6.45) is 1.88. The Balaban J connectivity index is 1.37. The van der Waals surface area contributed by atoms with Crippen LogP contribution in [0.4, 0.5) is 0 Å². The number of rotatable bonds is 10. The Hall–Kier alpha value is -5.86. The Bertz CT molecular complexity index is 2340. The van der Waals surface area contributed by atoms with Crippen LogP contribution in [-0.4, -0.2) is 35.9 Å². The third-order valence-electron chi connectivity index (χ3n) is 8.59. The number of hydrogen-bond acceptors (Lipinski definition) is 9. The van der Waals surface area contributed by atoms with Crippen LogP contribution in [0, 0.1) is 25.2 Å². The molecule has 0 saturated heterocycles. The lowest BCUT2D eigenvalue weighted by Crippen LogP contribution is -2.40. The zero-order valence-electron chi connectivity index (χ0n) is 28.6. The molecule has 3 aromatic carbocycles. The number of methoxy groups -OCH3 is 2.